The van der Waals surface area contributed by atoms with Crippen molar-refractivity contribution in [3.63, 3.8) is 0 Å². The zero-order valence-corrected chi connectivity index (χ0v) is 16.0. The van der Waals surface area contributed by atoms with E-state index in [0.717, 1.165) is 31.7 Å². The molecule has 0 atom stereocenters. The maximum Gasteiger partial charge on any atom is 0.315 e. The molecule has 27 heavy (non-hydrogen) atoms. The smallest absolute Gasteiger partial charge is 0.315 e. The fourth-order valence-corrected chi connectivity index (χ4v) is 3.75. The number of anilines is 2. The minimum atomic E-state index is -0.121. The van der Waals surface area contributed by atoms with Gasteiger partial charge in [0.25, 0.3) is 0 Å². The van der Waals surface area contributed by atoms with Gasteiger partial charge >= 0.3 is 6.03 Å². The molecule has 3 rings (SSSR count). The molecule has 2 aliphatic rings. The Kier molecular flexibility index (Phi) is 7.30. The average molecular weight is 374 g/mol. The van der Waals surface area contributed by atoms with Crippen LogP contribution in [0.3, 0.4) is 0 Å². The number of carbonyl (C=O) groups is 2. The van der Waals surface area contributed by atoms with Crippen LogP contribution in [0.1, 0.15) is 57.8 Å². The van der Waals surface area contributed by atoms with Crippen molar-refractivity contribution in [2.75, 3.05) is 29.9 Å². The Hall–Kier alpha value is -2.31. The molecular formula is C20H31N5O2. The second-order valence-corrected chi connectivity index (χ2v) is 7.49. The summed E-state index contributed by atoms with van der Waals surface area (Å²) in [5, 5.41) is 8.72. The number of amides is 3. The predicted molar refractivity (Wildman–Crippen MR) is 107 cm³/mol. The van der Waals surface area contributed by atoms with Gasteiger partial charge in [0.15, 0.2) is 0 Å². The molecule has 2 fully saturated rings. The monoisotopic (exact) mass is 373 g/mol. The molecule has 1 aromatic rings. The van der Waals surface area contributed by atoms with Crippen LogP contribution in [0.15, 0.2) is 18.3 Å². The van der Waals surface area contributed by atoms with E-state index < -0.39 is 0 Å². The standard InChI is InChI=1S/C20H31N5O2/c26-19(9-6-12-21-20(27)24-16-7-2-1-3-8-16)23-17-10-11-18(22-15-17)25-13-4-5-14-25/h10-11,15-16H,1-9,12-14H2,(H,23,26)(H2,21,24,27). The van der Waals surface area contributed by atoms with Crippen molar-refractivity contribution in [3.05, 3.63) is 18.3 Å². The predicted octanol–water partition coefficient (Wildman–Crippen LogP) is 3.03. The molecule has 2 heterocycles. The minimum absolute atomic E-state index is 0.0554. The van der Waals surface area contributed by atoms with Crippen molar-refractivity contribution in [1.29, 1.82) is 0 Å². The second kappa shape index (κ2) is 10.1. The van der Waals surface area contributed by atoms with Crippen LogP contribution in [0, 0.1) is 0 Å². The molecule has 1 aliphatic carbocycles. The van der Waals surface area contributed by atoms with Gasteiger partial charge in [-0.05, 0) is 44.2 Å². The summed E-state index contributed by atoms with van der Waals surface area (Å²) < 4.78 is 0. The number of carbonyl (C=O) groups excluding carboxylic acids is 2. The highest BCUT2D eigenvalue weighted by molar-refractivity contribution is 5.90. The molecule has 1 aromatic heterocycles. The molecule has 1 saturated heterocycles. The van der Waals surface area contributed by atoms with Crippen molar-refractivity contribution in [2.24, 2.45) is 0 Å². The molecule has 3 N–H and O–H groups in total. The van der Waals surface area contributed by atoms with Crippen LogP contribution in [0.25, 0.3) is 0 Å². The topological polar surface area (TPSA) is 86.4 Å². The zero-order chi connectivity index (χ0) is 18.9. The lowest BCUT2D eigenvalue weighted by Crippen LogP contribution is -2.43. The SMILES string of the molecule is O=C(CCCNC(=O)NC1CCCCC1)Nc1ccc(N2CCCC2)nc1. The third kappa shape index (κ3) is 6.41. The lowest BCUT2D eigenvalue weighted by atomic mass is 9.96. The van der Waals surface area contributed by atoms with Gasteiger partial charge in [0.1, 0.15) is 5.82 Å². The Bertz CT molecular complexity index is 607. The number of hydrogen-bond donors (Lipinski definition) is 3. The van der Waals surface area contributed by atoms with Gasteiger partial charge in [-0.1, -0.05) is 19.3 Å². The molecule has 0 spiro atoms. The highest BCUT2D eigenvalue weighted by Gasteiger charge is 2.15. The van der Waals surface area contributed by atoms with E-state index in [4.69, 9.17) is 0 Å². The first-order valence-corrected chi connectivity index (χ1v) is 10.3. The summed E-state index contributed by atoms with van der Waals surface area (Å²) in [7, 11) is 0. The maximum absolute atomic E-state index is 12.0. The van der Waals surface area contributed by atoms with Crippen LogP contribution in [0.4, 0.5) is 16.3 Å². The minimum Gasteiger partial charge on any atom is -0.357 e. The van der Waals surface area contributed by atoms with E-state index in [1.165, 1.54) is 32.1 Å². The quantitative estimate of drug-likeness (QED) is 0.641. The van der Waals surface area contributed by atoms with Crippen molar-refractivity contribution >= 4 is 23.4 Å². The normalized spacial score (nSPS) is 17.6. The van der Waals surface area contributed by atoms with Gasteiger partial charge in [-0.3, -0.25) is 4.79 Å². The van der Waals surface area contributed by atoms with Crippen molar-refractivity contribution < 1.29 is 9.59 Å². The number of nitrogens with one attached hydrogen (secondary N) is 3. The summed E-state index contributed by atoms with van der Waals surface area (Å²) in [5.41, 5.74) is 0.714. The fourth-order valence-electron chi connectivity index (χ4n) is 3.75. The van der Waals surface area contributed by atoms with Crippen LogP contribution in [-0.2, 0) is 4.79 Å². The van der Waals surface area contributed by atoms with E-state index >= 15 is 0 Å². The summed E-state index contributed by atoms with van der Waals surface area (Å²) >= 11 is 0. The zero-order valence-electron chi connectivity index (χ0n) is 16.0. The Morgan fingerprint density at radius 3 is 2.56 bits per heavy atom. The van der Waals surface area contributed by atoms with Crippen molar-refractivity contribution in [1.82, 2.24) is 15.6 Å². The Balaban J connectivity index is 1.29. The summed E-state index contributed by atoms with van der Waals surface area (Å²) in [6.45, 7) is 2.61. The van der Waals surface area contributed by atoms with Crippen LogP contribution in [-0.4, -0.2) is 42.6 Å². The highest BCUT2D eigenvalue weighted by atomic mass is 16.2. The van der Waals surface area contributed by atoms with Crippen LogP contribution >= 0.6 is 0 Å². The van der Waals surface area contributed by atoms with Gasteiger partial charge in [0.2, 0.25) is 5.91 Å². The fraction of sp³-hybridized carbons (Fsp3) is 0.650. The lowest BCUT2D eigenvalue weighted by molar-refractivity contribution is -0.116. The average Bonchev–Trinajstić information content (AvgIpc) is 3.21. The van der Waals surface area contributed by atoms with Gasteiger partial charge in [0.05, 0.1) is 11.9 Å². The van der Waals surface area contributed by atoms with E-state index in [1.54, 1.807) is 6.20 Å². The van der Waals surface area contributed by atoms with E-state index in [0.29, 0.717) is 31.1 Å². The first-order valence-electron chi connectivity index (χ1n) is 10.3. The maximum atomic E-state index is 12.0. The number of nitrogens with zero attached hydrogens (tertiary/aromatic N) is 2. The van der Waals surface area contributed by atoms with E-state index in [1.807, 2.05) is 12.1 Å². The second-order valence-electron chi connectivity index (χ2n) is 7.49. The Morgan fingerprint density at radius 1 is 1.07 bits per heavy atom. The van der Waals surface area contributed by atoms with Gasteiger partial charge in [-0.2, -0.15) is 0 Å². The summed E-state index contributed by atoms with van der Waals surface area (Å²) in [4.78, 5) is 30.6. The number of aromatic nitrogens is 1. The molecule has 7 heteroatoms. The third-order valence-electron chi connectivity index (χ3n) is 5.27. The molecule has 0 aromatic carbocycles. The molecular weight excluding hydrogens is 342 g/mol. The van der Waals surface area contributed by atoms with Gasteiger partial charge < -0.3 is 20.9 Å². The van der Waals surface area contributed by atoms with Crippen molar-refractivity contribution in [3.8, 4) is 0 Å². The first-order chi connectivity index (χ1) is 13.2. The summed E-state index contributed by atoms with van der Waals surface area (Å²) in [6.07, 6.45) is 10.9. The first kappa shape index (κ1) is 19.5. The number of urea groups is 1. The van der Waals surface area contributed by atoms with Crippen LogP contribution < -0.4 is 20.9 Å². The molecule has 7 nitrogen and oxygen atoms in total. The molecule has 0 unspecified atom stereocenters. The van der Waals surface area contributed by atoms with E-state index in [2.05, 4.69) is 25.8 Å². The van der Waals surface area contributed by atoms with E-state index in [-0.39, 0.29) is 11.9 Å². The molecule has 148 valence electrons. The Labute approximate surface area is 161 Å². The number of rotatable bonds is 7. The Morgan fingerprint density at radius 2 is 1.85 bits per heavy atom. The largest absolute Gasteiger partial charge is 0.357 e. The van der Waals surface area contributed by atoms with Gasteiger partial charge in [0, 0.05) is 32.1 Å². The number of pyridine rings is 1. The van der Waals surface area contributed by atoms with Gasteiger partial charge in [-0.25, -0.2) is 9.78 Å². The molecule has 1 aliphatic heterocycles. The number of hydrogen-bond acceptors (Lipinski definition) is 4. The molecule has 0 bridgehead atoms. The summed E-state index contributed by atoms with van der Waals surface area (Å²) in [5.74, 6) is 0.916. The van der Waals surface area contributed by atoms with Crippen LogP contribution in [0.2, 0.25) is 0 Å². The third-order valence-corrected chi connectivity index (χ3v) is 5.27. The highest BCUT2D eigenvalue weighted by Crippen LogP contribution is 2.19. The summed E-state index contributed by atoms with van der Waals surface area (Å²) in [6, 6.07) is 4.04. The van der Waals surface area contributed by atoms with E-state index in [9.17, 15) is 9.59 Å². The van der Waals surface area contributed by atoms with Crippen LogP contribution in [0.5, 0.6) is 0 Å². The van der Waals surface area contributed by atoms with Crippen molar-refractivity contribution in [2.45, 2.75) is 63.8 Å². The molecule has 1 saturated carbocycles. The molecule has 3 amide bonds. The molecule has 0 radical (unpaired) electrons. The van der Waals surface area contributed by atoms with Gasteiger partial charge in [-0.15, -0.1) is 0 Å². The lowest BCUT2D eigenvalue weighted by Gasteiger charge is -2.22.